The average Bonchev–Trinajstić information content (AvgIpc) is 2.92. The molecular formula is C23H39N3O3. The molecule has 1 aromatic rings. The Morgan fingerprint density at radius 3 is 2.21 bits per heavy atom. The Labute approximate surface area is 176 Å². The van der Waals surface area contributed by atoms with E-state index in [2.05, 4.69) is 32.7 Å². The molecule has 0 fully saturated rings. The molecule has 1 aliphatic heterocycles. The van der Waals surface area contributed by atoms with Gasteiger partial charge >= 0.3 is 0 Å². The van der Waals surface area contributed by atoms with E-state index in [0.29, 0.717) is 24.7 Å². The number of carbonyl (C=O) groups excluding carboxylic acids is 1. The molecule has 1 aromatic carbocycles. The highest BCUT2D eigenvalue weighted by atomic mass is 16.5. The summed E-state index contributed by atoms with van der Waals surface area (Å²) in [5.74, 6) is 1.87. The fraction of sp³-hybridized carbons (Fsp3) is 0.652. The molecule has 0 saturated carbocycles. The van der Waals surface area contributed by atoms with Crippen LogP contribution in [0.2, 0.25) is 0 Å². The Kier molecular flexibility index (Phi) is 10.6. The summed E-state index contributed by atoms with van der Waals surface area (Å²) in [6.07, 6.45) is 5.65. The van der Waals surface area contributed by atoms with Gasteiger partial charge in [0.25, 0.3) is 5.91 Å². The number of aliphatic imine (C=N–C) groups is 1. The van der Waals surface area contributed by atoms with Crippen LogP contribution in [0, 0.1) is 5.92 Å². The summed E-state index contributed by atoms with van der Waals surface area (Å²) in [5, 5.41) is 0. The van der Waals surface area contributed by atoms with E-state index < -0.39 is 5.54 Å². The van der Waals surface area contributed by atoms with E-state index in [-0.39, 0.29) is 18.5 Å². The lowest BCUT2D eigenvalue weighted by Gasteiger charge is -2.27. The van der Waals surface area contributed by atoms with Crippen LogP contribution in [0.5, 0.6) is 11.5 Å². The van der Waals surface area contributed by atoms with Crippen LogP contribution in [0.1, 0.15) is 66.7 Å². The van der Waals surface area contributed by atoms with Gasteiger partial charge in [-0.3, -0.25) is 9.69 Å². The van der Waals surface area contributed by atoms with E-state index >= 15 is 0 Å². The van der Waals surface area contributed by atoms with Crippen molar-refractivity contribution in [1.82, 2.24) is 4.90 Å². The van der Waals surface area contributed by atoms with Gasteiger partial charge in [0.05, 0.1) is 6.61 Å². The first-order chi connectivity index (χ1) is 13.8. The number of hydrogen-bond donors (Lipinski definition) is 1. The molecular weight excluding hydrogens is 366 g/mol. The van der Waals surface area contributed by atoms with Gasteiger partial charge in [0.2, 0.25) is 0 Å². The minimum atomic E-state index is -0.949. The molecule has 6 nitrogen and oxygen atoms in total. The van der Waals surface area contributed by atoms with Crippen LogP contribution in [0.4, 0.5) is 0 Å². The van der Waals surface area contributed by atoms with Gasteiger partial charge < -0.3 is 15.2 Å². The zero-order chi connectivity index (χ0) is 21.9. The Morgan fingerprint density at radius 1 is 1.14 bits per heavy atom. The van der Waals surface area contributed by atoms with Gasteiger partial charge in [-0.2, -0.15) is 0 Å². The van der Waals surface area contributed by atoms with E-state index in [1.54, 1.807) is 7.05 Å². The minimum absolute atomic E-state index is 0.110. The van der Waals surface area contributed by atoms with Crippen molar-refractivity contribution in [3.05, 3.63) is 24.3 Å². The maximum atomic E-state index is 12.7. The molecule has 0 spiro atoms. The molecule has 1 amide bonds. The standard InChI is InChI=1S/C18H27N3O3.C5H12/c1-5-13(3)11-18(16(22)21(4)17(19)20-18)12-24-15-9-7-8-14(10-15)23-6-2;1-3-5-4-2/h7-10,13H,5-6,11-12H2,1-4H3,(H2,19,20);3-5H2,1-2H3. The van der Waals surface area contributed by atoms with Crippen molar-refractivity contribution in [2.24, 2.45) is 16.6 Å². The van der Waals surface area contributed by atoms with Gasteiger partial charge in [-0.1, -0.05) is 59.4 Å². The zero-order valence-electron chi connectivity index (χ0n) is 19.0. The molecule has 0 bridgehead atoms. The Hall–Kier alpha value is -2.24. The molecule has 2 rings (SSSR count). The maximum Gasteiger partial charge on any atom is 0.260 e. The normalized spacial score (nSPS) is 19.3. The lowest BCUT2D eigenvalue weighted by molar-refractivity contribution is -0.132. The summed E-state index contributed by atoms with van der Waals surface area (Å²) >= 11 is 0. The third-order valence-corrected chi connectivity index (χ3v) is 5.06. The van der Waals surface area contributed by atoms with E-state index in [1.807, 2.05) is 31.2 Å². The zero-order valence-corrected chi connectivity index (χ0v) is 19.0. The monoisotopic (exact) mass is 405 g/mol. The number of guanidine groups is 1. The Bertz CT molecular complexity index is 661. The number of likely N-dealkylation sites (N-methyl/N-ethyl adjacent to an activating group) is 1. The first-order valence-electron chi connectivity index (χ1n) is 10.8. The lowest BCUT2D eigenvalue weighted by Crippen LogP contribution is -2.46. The maximum absolute atomic E-state index is 12.7. The molecule has 1 aliphatic rings. The van der Waals surface area contributed by atoms with Crippen LogP contribution in [-0.2, 0) is 4.79 Å². The second-order valence-electron chi connectivity index (χ2n) is 7.63. The summed E-state index contributed by atoms with van der Waals surface area (Å²) in [6, 6.07) is 7.39. The molecule has 164 valence electrons. The number of hydrogen-bond acceptors (Lipinski definition) is 5. The number of amides is 1. The molecule has 29 heavy (non-hydrogen) atoms. The molecule has 6 heteroatoms. The van der Waals surface area contributed by atoms with Crippen molar-refractivity contribution in [3.63, 3.8) is 0 Å². The van der Waals surface area contributed by atoms with Crippen LogP contribution in [0.3, 0.4) is 0 Å². The molecule has 0 radical (unpaired) electrons. The Balaban J connectivity index is 0.000000749. The van der Waals surface area contributed by atoms with Crippen molar-refractivity contribution in [2.45, 2.75) is 72.3 Å². The minimum Gasteiger partial charge on any atom is -0.494 e. The second-order valence-corrected chi connectivity index (χ2v) is 7.63. The molecule has 0 saturated heterocycles. The topological polar surface area (TPSA) is 77.2 Å². The molecule has 0 aromatic heterocycles. The predicted molar refractivity (Wildman–Crippen MR) is 120 cm³/mol. The molecule has 2 atom stereocenters. The van der Waals surface area contributed by atoms with Crippen molar-refractivity contribution < 1.29 is 14.3 Å². The summed E-state index contributed by atoms with van der Waals surface area (Å²) in [6.45, 7) is 11.3. The summed E-state index contributed by atoms with van der Waals surface area (Å²) in [4.78, 5) is 18.6. The van der Waals surface area contributed by atoms with Crippen LogP contribution in [-0.4, -0.2) is 42.6 Å². The van der Waals surface area contributed by atoms with Crippen LogP contribution in [0.25, 0.3) is 0 Å². The number of benzene rings is 1. The molecule has 2 unspecified atom stereocenters. The van der Waals surface area contributed by atoms with Gasteiger partial charge in [-0.15, -0.1) is 0 Å². The van der Waals surface area contributed by atoms with Crippen molar-refractivity contribution in [1.29, 1.82) is 0 Å². The van der Waals surface area contributed by atoms with E-state index in [1.165, 1.54) is 24.2 Å². The molecule has 1 heterocycles. The van der Waals surface area contributed by atoms with E-state index in [4.69, 9.17) is 15.2 Å². The summed E-state index contributed by atoms with van der Waals surface area (Å²) < 4.78 is 11.4. The number of ether oxygens (including phenoxy) is 2. The molecule has 2 N–H and O–H groups in total. The highest BCUT2D eigenvalue weighted by molar-refractivity contribution is 6.06. The first-order valence-corrected chi connectivity index (χ1v) is 10.8. The molecule has 0 aliphatic carbocycles. The van der Waals surface area contributed by atoms with Crippen LogP contribution in [0.15, 0.2) is 29.3 Å². The summed E-state index contributed by atoms with van der Waals surface area (Å²) in [7, 11) is 1.65. The largest absolute Gasteiger partial charge is 0.494 e. The SMILES string of the molecule is CCCCC.CCOc1cccc(OCC2(CC(C)CC)N=C(N)N(C)C2=O)c1. The fourth-order valence-electron chi connectivity index (χ4n) is 3.14. The highest BCUT2D eigenvalue weighted by Gasteiger charge is 2.47. The number of nitrogens with zero attached hydrogens (tertiary/aromatic N) is 2. The number of unbranched alkanes of at least 4 members (excludes halogenated alkanes) is 2. The van der Waals surface area contributed by atoms with Crippen LogP contribution >= 0.6 is 0 Å². The van der Waals surface area contributed by atoms with Gasteiger partial charge in [-0.25, -0.2) is 4.99 Å². The van der Waals surface area contributed by atoms with Gasteiger partial charge in [0.15, 0.2) is 11.5 Å². The van der Waals surface area contributed by atoms with E-state index in [0.717, 1.165) is 12.2 Å². The van der Waals surface area contributed by atoms with Crippen LogP contribution < -0.4 is 15.2 Å². The highest BCUT2D eigenvalue weighted by Crippen LogP contribution is 2.31. The predicted octanol–water partition coefficient (Wildman–Crippen LogP) is 4.62. The fourth-order valence-corrected chi connectivity index (χ4v) is 3.14. The quantitative estimate of drug-likeness (QED) is 0.616. The third kappa shape index (κ3) is 7.26. The average molecular weight is 406 g/mol. The van der Waals surface area contributed by atoms with Gasteiger partial charge in [0.1, 0.15) is 18.1 Å². The first kappa shape index (κ1) is 24.8. The Morgan fingerprint density at radius 2 is 1.76 bits per heavy atom. The van der Waals surface area contributed by atoms with Gasteiger partial charge in [0, 0.05) is 13.1 Å². The number of carbonyl (C=O) groups is 1. The third-order valence-electron chi connectivity index (χ3n) is 5.06. The van der Waals surface area contributed by atoms with Crippen molar-refractivity contribution in [2.75, 3.05) is 20.3 Å². The van der Waals surface area contributed by atoms with Gasteiger partial charge in [-0.05, 0) is 31.4 Å². The van der Waals surface area contributed by atoms with Crippen molar-refractivity contribution >= 4 is 11.9 Å². The second kappa shape index (κ2) is 12.3. The number of nitrogens with two attached hydrogens (primary N) is 1. The smallest absolute Gasteiger partial charge is 0.260 e. The summed E-state index contributed by atoms with van der Waals surface area (Å²) in [5.41, 5.74) is 4.93. The van der Waals surface area contributed by atoms with Crippen molar-refractivity contribution in [3.8, 4) is 11.5 Å². The lowest BCUT2D eigenvalue weighted by atomic mass is 9.87. The van der Waals surface area contributed by atoms with E-state index in [9.17, 15) is 4.79 Å². The number of rotatable bonds is 10.